The van der Waals surface area contributed by atoms with Crippen molar-refractivity contribution in [3.8, 4) is 0 Å². The van der Waals surface area contributed by atoms with Gasteiger partial charge < -0.3 is 15.1 Å². The highest BCUT2D eigenvalue weighted by Gasteiger charge is 2.51. The van der Waals surface area contributed by atoms with Gasteiger partial charge in [0.15, 0.2) is 0 Å². The Balaban J connectivity index is 1.35. The fourth-order valence-electron chi connectivity index (χ4n) is 5.72. The molecule has 0 aromatic heterocycles. The molecule has 2 aliphatic heterocycles. The maximum Gasteiger partial charge on any atom is 0.230 e. The van der Waals surface area contributed by atoms with Crippen LogP contribution in [-0.4, -0.2) is 60.9 Å². The van der Waals surface area contributed by atoms with E-state index in [1.807, 2.05) is 4.90 Å². The minimum atomic E-state index is -0.145. The predicted molar refractivity (Wildman–Crippen MR) is 97.0 cm³/mol. The van der Waals surface area contributed by atoms with Crippen LogP contribution in [0.3, 0.4) is 0 Å². The van der Waals surface area contributed by atoms with E-state index in [4.69, 9.17) is 0 Å². The van der Waals surface area contributed by atoms with Crippen LogP contribution in [0.15, 0.2) is 0 Å². The summed E-state index contributed by atoms with van der Waals surface area (Å²) in [6.45, 7) is 4.78. The van der Waals surface area contributed by atoms with Crippen molar-refractivity contribution in [2.75, 3.05) is 39.3 Å². The summed E-state index contributed by atoms with van der Waals surface area (Å²) in [5.74, 6) is 1.49. The molecule has 4 aliphatic rings. The zero-order valence-corrected chi connectivity index (χ0v) is 15.5. The molecule has 0 bridgehead atoms. The number of carbonyl (C=O) groups excluding carboxylic acids is 2. The van der Waals surface area contributed by atoms with Crippen LogP contribution in [-0.2, 0) is 9.59 Å². The van der Waals surface area contributed by atoms with Gasteiger partial charge in [-0.2, -0.15) is 0 Å². The van der Waals surface area contributed by atoms with Crippen molar-refractivity contribution in [2.24, 2.45) is 17.3 Å². The van der Waals surface area contributed by atoms with Gasteiger partial charge in [-0.25, -0.2) is 0 Å². The van der Waals surface area contributed by atoms with E-state index in [-0.39, 0.29) is 11.3 Å². The Bertz CT molecular complexity index is 509. The number of nitrogens with zero attached hydrogens (tertiary/aromatic N) is 2. The number of rotatable bonds is 2. The highest BCUT2D eigenvalue weighted by atomic mass is 16.2. The van der Waals surface area contributed by atoms with Crippen molar-refractivity contribution in [2.45, 2.75) is 57.8 Å². The van der Waals surface area contributed by atoms with Crippen molar-refractivity contribution < 1.29 is 9.59 Å². The third-order valence-electron chi connectivity index (χ3n) is 7.30. The van der Waals surface area contributed by atoms with Gasteiger partial charge in [-0.15, -0.1) is 0 Å². The molecule has 5 nitrogen and oxygen atoms in total. The van der Waals surface area contributed by atoms with Gasteiger partial charge in [0, 0.05) is 38.6 Å². The second-order valence-electron chi connectivity index (χ2n) is 8.68. The maximum atomic E-state index is 13.3. The van der Waals surface area contributed by atoms with Crippen LogP contribution >= 0.6 is 0 Å². The Hall–Kier alpha value is -1.10. The number of hydrogen-bond acceptors (Lipinski definition) is 3. The lowest BCUT2D eigenvalue weighted by Crippen LogP contribution is -2.57. The number of amides is 2. The van der Waals surface area contributed by atoms with Gasteiger partial charge in [0.2, 0.25) is 11.8 Å². The van der Waals surface area contributed by atoms with Crippen LogP contribution in [0, 0.1) is 17.3 Å². The summed E-state index contributed by atoms with van der Waals surface area (Å²) in [5, 5.41) is 3.48. The second kappa shape index (κ2) is 7.26. The molecule has 2 saturated carbocycles. The smallest absolute Gasteiger partial charge is 0.230 e. The first kappa shape index (κ1) is 17.3. The summed E-state index contributed by atoms with van der Waals surface area (Å²) in [6, 6.07) is 0. The topological polar surface area (TPSA) is 52.7 Å². The molecule has 2 amide bonds. The molecule has 2 atom stereocenters. The normalized spacial score (nSPS) is 34.0. The van der Waals surface area contributed by atoms with E-state index in [0.717, 1.165) is 58.5 Å². The summed E-state index contributed by atoms with van der Waals surface area (Å²) < 4.78 is 0. The molecule has 5 heteroatoms. The monoisotopic (exact) mass is 347 g/mol. The Kier molecular flexibility index (Phi) is 5.03. The van der Waals surface area contributed by atoms with E-state index < -0.39 is 0 Å². The van der Waals surface area contributed by atoms with E-state index in [0.29, 0.717) is 17.7 Å². The SMILES string of the molecule is O=C(C1CCCCC1)N1CCN(C(=O)[C@@]23CCCC[C@H]2CNC3)CC1. The van der Waals surface area contributed by atoms with Gasteiger partial charge >= 0.3 is 0 Å². The molecule has 25 heavy (non-hydrogen) atoms. The van der Waals surface area contributed by atoms with Gasteiger partial charge in [0.25, 0.3) is 0 Å². The van der Waals surface area contributed by atoms with Crippen LogP contribution < -0.4 is 5.32 Å². The average Bonchev–Trinajstić information content (AvgIpc) is 3.13. The molecule has 0 spiro atoms. The van der Waals surface area contributed by atoms with Crippen LogP contribution in [0.1, 0.15) is 57.8 Å². The molecule has 0 unspecified atom stereocenters. The lowest BCUT2D eigenvalue weighted by molar-refractivity contribution is -0.151. The molecule has 1 N–H and O–H groups in total. The molecule has 0 radical (unpaired) electrons. The van der Waals surface area contributed by atoms with E-state index in [2.05, 4.69) is 10.2 Å². The number of piperazine rings is 1. The minimum absolute atomic E-state index is 0.145. The van der Waals surface area contributed by atoms with Gasteiger partial charge in [-0.3, -0.25) is 9.59 Å². The fourth-order valence-corrected chi connectivity index (χ4v) is 5.72. The largest absolute Gasteiger partial charge is 0.339 e. The van der Waals surface area contributed by atoms with E-state index >= 15 is 0 Å². The quantitative estimate of drug-likeness (QED) is 0.831. The second-order valence-corrected chi connectivity index (χ2v) is 8.68. The first-order valence-corrected chi connectivity index (χ1v) is 10.5. The number of fused-ring (bicyclic) bond motifs is 1. The molecule has 2 heterocycles. The number of hydrogen-bond donors (Lipinski definition) is 1. The van der Waals surface area contributed by atoms with E-state index in [1.54, 1.807) is 0 Å². The molecular formula is C20H33N3O2. The Morgan fingerprint density at radius 2 is 1.52 bits per heavy atom. The minimum Gasteiger partial charge on any atom is -0.339 e. The van der Waals surface area contributed by atoms with Crippen molar-refractivity contribution >= 4 is 11.8 Å². The Labute approximate surface area is 151 Å². The average molecular weight is 348 g/mol. The van der Waals surface area contributed by atoms with E-state index in [1.165, 1.54) is 38.5 Å². The van der Waals surface area contributed by atoms with Crippen molar-refractivity contribution in [1.29, 1.82) is 0 Å². The zero-order chi connectivity index (χ0) is 17.3. The molecule has 4 fully saturated rings. The summed E-state index contributed by atoms with van der Waals surface area (Å²) in [4.78, 5) is 30.1. The Morgan fingerprint density at radius 3 is 2.28 bits per heavy atom. The molecule has 2 aliphatic carbocycles. The standard InChI is InChI=1S/C20H33N3O2/c24-18(16-6-2-1-3-7-16)22-10-12-23(13-11-22)19(25)20-9-5-4-8-17(20)14-21-15-20/h16-17,21H,1-15H2/t17-,20+/m0/s1. The summed E-state index contributed by atoms with van der Waals surface area (Å²) in [5.41, 5.74) is -0.145. The number of carbonyl (C=O) groups is 2. The van der Waals surface area contributed by atoms with Gasteiger partial charge in [0.05, 0.1) is 5.41 Å². The lowest BCUT2D eigenvalue weighted by atomic mass is 9.67. The van der Waals surface area contributed by atoms with Crippen molar-refractivity contribution in [3.63, 3.8) is 0 Å². The maximum absolute atomic E-state index is 13.3. The molecule has 0 aromatic carbocycles. The molecular weight excluding hydrogens is 314 g/mol. The first-order valence-electron chi connectivity index (χ1n) is 10.5. The third kappa shape index (κ3) is 3.20. The molecule has 140 valence electrons. The van der Waals surface area contributed by atoms with Gasteiger partial charge in [0.1, 0.15) is 0 Å². The predicted octanol–water partition coefficient (Wildman–Crippen LogP) is 2.02. The van der Waals surface area contributed by atoms with Gasteiger partial charge in [-0.1, -0.05) is 32.1 Å². The van der Waals surface area contributed by atoms with Crippen LogP contribution in [0.4, 0.5) is 0 Å². The van der Waals surface area contributed by atoms with Crippen LogP contribution in [0.5, 0.6) is 0 Å². The Morgan fingerprint density at radius 1 is 0.840 bits per heavy atom. The summed E-state index contributed by atoms with van der Waals surface area (Å²) in [6.07, 6.45) is 10.5. The summed E-state index contributed by atoms with van der Waals surface area (Å²) >= 11 is 0. The molecule has 4 rings (SSSR count). The van der Waals surface area contributed by atoms with E-state index in [9.17, 15) is 9.59 Å². The zero-order valence-electron chi connectivity index (χ0n) is 15.5. The van der Waals surface area contributed by atoms with Crippen molar-refractivity contribution in [3.05, 3.63) is 0 Å². The summed E-state index contributed by atoms with van der Waals surface area (Å²) in [7, 11) is 0. The molecule has 2 saturated heterocycles. The highest BCUT2D eigenvalue weighted by Crippen LogP contribution is 2.45. The fraction of sp³-hybridized carbons (Fsp3) is 0.900. The first-order chi connectivity index (χ1) is 12.2. The van der Waals surface area contributed by atoms with Gasteiger partial charge in [-0.05, 0) is 38.1 Å². The van der Waals surface area contributed by atoms with Crippen LogP contribution in [0.25, 0.3) is 0 Å². The molecule has 0 aromatic rings. The van der Waals surface area contributed by atoms with Crippen molar-refractivity contribution in [1.82, 2.24) is 15.1 Å². The third-order valence-corrected chi connectivity index (χ3v) is 7.30. The van der Waals surface area contributed by atoms with Crippen LogP contribution in [0.2, 0.25) is 0 Å². The lowest BCUT2D eigenvalue weighted by Gasteiger charge is -2.44. The highest BCUT2D eigenvalue weighted by molar-refractivity contribution is 5.85. The number of nitrogens with one attached hydrogen (secondary N) is 1.